The Morgan fingerprint density at radius 2 is 1.00 bits per heavy atom. The van der Waals surface area contributed by atoms with E-state index in [-0.39, 0.29) is 5.41 Å². The lowest BCUT2D eigenvalue weighted by Gasteiger charge is -2.43. The van der Waals surface area contributed by atoms with Gasteiger partial charge in [-0.25, -0.2) is 0 Å². The van der Waals surface area contributed by atoms with Crippen molar-refractivity contribution < 1.29 is 0 Å². The van der Waals surface area contributed by atoms with Crippen LogP contribution in [0.2, 0.25) is 12.1 Å². The van der Waals surface area contributed by atoms with Crippen molar-refractivity contribution in [3.63, 3.8) is 0 Å². The fraction of sp³-hybridized carbons (Fsp3) is 0.127. The molecule has 1 spiro atoms. The molecule has 2 aliphatic heterocycles. The standard InChI is InChI=1S/C55H43NSi/c1-55(2)46-25-8-7-22-43(46)53-44(24-16-26-47(53)55)52-40-20-5-6-21-41(40)54(42-32-31-37(35-45(42)52)39-23-15-18-36-17-3-4-19-38(36)39)56-48-27-9-11-29-50(48)57(33-13-14-34-57)51-30-12-10-28-49(51)56/h3-12,15-32,35H,13-14,33-34H2,1-2H3. The number of nitrogens with zero attached hydrogens (tertiary/aromatic N) is 1. The maximum atomic E-state index is 2.67. The van der Waals surface area contributed by atoms with Crippen molar-refractivity contribution in [3.8, 4) is 33.4 Å². The Balaban J connectivity index is 1.24. The predicted molar refractivity (Wildman–Crippen MR) is 246 cm³/mol. The molecule has 1 fully saturated rings. The van der Waals surface area contributed by atoms with Crippen LogP contribution < -0.4 is 15.3 Å². The molecule has 0 radical (unpaired) electrons. The Labute approximate surface area is 335 Å². The zero-order valence-corrected chi connectivity index (χ0v) is 33.5. The van der Waals surface area contributed by atoms with Crippen LogP contribution in [-0.2, 0) is 5.41 Å². The van der Waals surface area contributed by atoms with Gasteiger partial charge in [0.1, 0.15) is 8.07 Å². The molecule has 272 valence electrons. The lowest BCUT2D eigenvalue weighted by Crippen LogP contribution is -2.60. The molecule has 0 atom stereocenters. The molecule has 57 heavy (non-hydrogen) atoms. The molecule has 12 rings (SSSR count). The van der Waals surface area contributed by atoms with Crippen molar-refractivity contribution in [2.24, 2.45) is 0 Å². The van der Waals surface area contributed by atoms with Crippen LogP contribution >= 0.6 is 0 Å². The summed E-state index contributed by atoms with van der Waals surface area (Å²) in [6.45, 7) is 4.79. The Kier molecular flexibility index (Phi) is 7.02. The Morgan fingerprint density at radius 3 is 1.79 bits per heavy atom. The van der Waals surface area contributed by atoms with Crippen LogP contribution in [0.15, 0.2) is 176 Å². The van der Waals surface area contributed by atoms with E-state index in [1.807, 2.05) is 0 Å². The second-order valence-corrected chi connectivity index (χ2v) is 21.4. The van der Waals surface area contributed by atoms with Gasteiger partial charge in [-0.2, -0.15) is 0 Å². The molecule has 1 aliphatic carbocycles. The molecule has 2 heteroatoms. The van der Waals surface area contributed by atoms with Gasteiger partial charge in [0.25, 0.3) is 0 Å². The number of para-hydroxylation sites is 2. The number of benzene rings is 9. The second kappa shape index (κ2) is 12.1. The van der Waals surface area contributed by atoms with Crippen molar-refractivity contribution in [3.05, 3.63) is 187 Å². The van der Waals surface area contributed by atoms with E-state index >= 15 is 0 Å². The topological polar surface area (TPSA) is 3.24 Å². The number of fused-ring (bicyclic) bond motifs is 10. The van der Waals surface area contributed by atoms with Gasteiger partial charge < -0.3 is 4.90 Å². The molecular formula is C55H43NSi. The van der Waals surface area contributed by atoms with Gasteiger partial charge >= 0.3 is 0 Å². The molecule has 0 aromatic heterocycles. The molecule has 1 nitrogen and oxygen atoms in total. The molecule has 0 N–H and O–H groups in total. The zero-order chi connectivity index (χ0) is 37.9. The second-order valence-electron chi connectivity index (χ2n) is 17.1. The monoisotopic (exact) mass is 745 g/mol. The number of rotatable bonds is 3. The molecule has 9 aromatic carbocycles. The summed E-state index contributed by atoms with van der Waals surface area (Å²) >= 11 is 0. The predicted octanol–water partition coefficient (Wildman–Crippen LogP) is 13.9. The van der Waals surface area contributed by atoms with Crippen LogP contribution in [0.1, 0.15) is 37.8 Å². The van der Waals surface area contributed by atoms with E-state index in [0.717, 1.165) is 0 Å². The zero-order valence-electron chi connectivity index (χ0n) is 32.5. The average molecular weight is 746 g/mol. The third kappa shape index (κ3) is 4.51. The fourth-order valence-corrected chi connectivity index (χ4v) is 17.0. The first kappa shape index (κ1) is 33.0. The van der Waals surface area contributed by atoms with E-state index in [2.05, 4.69) is 195 Å². The summed E-state index contributed by atoms with van der Waals surface area (Å²) in [4.78, 5) is 2.67. The first-order chi connectivity index (χ1) is 28.0. The largest absolute Gasteiger partial charge is 0.309 e. The Morgan fingerprint density at radius 1 is 0.439 bits per heavy atom. The van der Waals surface area contributed by atoms with Crippen LogP contribution in [0, 0.1) is 0 Å². The normalized spacial score (nSPS) is 15.9. The van der Waals surface area contributed by atoms with Crippen LogP contribution in [0.3, 0.4) is 0 Å². The first-order valence-corrected chi connectivity index (χ1v) is 23.2. The minimum absolute atomic E-state index is 0.0943. The third-order valence-corrected chi connectivity index (χ3v) is 19.3. The van der Waals surface area contributed by atoms with E-state index in [4.69, 9.17) is 0 Å². The molecule has 0 amide bonds. The van der Waals surface area contributed by atoms with E-state index < -0.39 is 8.07 Å². The van der Waals surface area contributed by atoms with E-state index in [9.17, 15) is 0 Å². The Bertz CT molecular complexity index is 3070. The van der Waals surface area contributed by atoms with Gasteiger partial charge in [-0.1, -0.05) is 184 Å². The highest BCUT2D eigenvalue weighted by molar-refractivity contribution is 7.05. The minimum atomic E-state index is -1.91. The van der Waals surface area contributed by atoms with Crippen molar-refractivity contribution in [1.29, 1.82) is 0 Å². The summed E-state index contributed by atoms with van der Waals surface area (Å²) in [5, 5.41) is 10.9. The molecule has 2 heterocycles. The van der Waals surface area contributed by atoms with Crippen LogP contribution in [0.4, 0.5) is 17.1 Å². The average Bonchev–Trinajstić information content (AvgIpc) is 3.85. The Hall–Kier alpha value is -6.22. The van der Waals surface area contributed by atoms with Crippen LogP contribution in [0.5, 0.6) is 0 Å². The molecule has 0 bridgehead atoms. The van der Waals surface area contributed by atoms with Gasteiger partial charge in [0.2, 0.25) is 0 Å². The lowest BCUT2D eigenvalue weighted by molar-refractivity contribution is 0.660. The smallest absolute Gasteiger partial charge is 0.123 e. The maximum absolute atomic E-state index is 2.67. The molecule has 0 saturated carbocycles. The number of hydrogen-bond donors (Lipinski definition) is 0. The SMILES string of the molecule is CC1(C)c2ccccc2-c2c(-c3c4ccccc4c(N4c5ccccc5[Si]5(CCCC5)c5ccccc54)c4ccc(-c5cccc6ccccc56)cc34)cccc21. The van der Waals surface area contributed by atoms with Crippen molar-refractivity contribution in [2.45, 2.75) is 44.2 Å². The molecule has 3 aliphatic rings. The molecular weight excluding hydrogens is 703 g/mol. The minimum Gasteiger partial charge on any atom is -0.309 e. The van der Waals surface area contributed by atoms with E-state index in [1.54, 1.807) is 10.4 Å². The van der Waals surface area contributed by atoms with E-state index in [1.165, 1.54) is 119 Å². The van der Waals surface area contributed by atoms with Gasteiger partial charge in [-0.05, 0) is 107 Å². The van der Waals surface area contributed by atoms with Crippen molar-refractivity contribution >= 4 is 67.8 Å². The number of anilines is 3. The number of hydrogen-bond acceptors (Lipinski definition) is 1. The van der Waals surface area contributed by atoms with Crippen molar-refractivity contribution in [2.75, 3.05) is 4.90 Å². The summed E-state index contributed by atoms with van der Waals surface area (Å²) in [6, 6.07) is 69.9. The maximum Gasteiger partial charge on any atom is 0.123 e. The van der Waals surface area contributed by atoms with Crippen LogP contribution in [-0.4, -0.2) is 8.07 Å². The molecule has 0 unspecified atom stereocenters. The quantitative estimate of drug-likeness (QED) is 0.129. The summed E-state index contributed by atoms with van der Waals surface area (Å²) in [5.41, 5.74) is 14.6. The van der Waals surface area contributed by atoms with Crippen LogP contribution in [0.25, 0.3) is 65.7 Å². The molecule has 9 aromatic rings. The van der Waals surface area contributed by atoms with Gasteiger partial charge in [0.05, 0.1) is 5.69 Å². The summed E-state index contributed by atoms with van der Waals surface area (Å²) < 4.78 is 0. The third-order valence-electron chi connectivity index (χ3n) is 14.0. The van der Waals surface area contributed by atoms with Gasteiger partial charge in [0, 0.05) is 27.6 Å². The van der Waals surface area contributed by atoms with E-state index in [0.29, 0.717) is 0 Å². The highest BCUT2D eigenvalue weighted by Gasteiger charge is 2.47. The first-order valence-electron chi connectivity index (χ1n) is 20.7. The highest BCUT2D eigenvalue weighted by atomic mass is 28.3. The molecule has 1 saturated heterocycles. The van der Waals surface area contributed by atoms with Crippen molar-refractivity contribution in [1.82, 2.24) is 0 Å². The highest BCUT2D eigenvalue weighted by Crippen LogP contribution is 2.56. The summed E-state index contributed by atoms with van der Waals surface area (Å²) in [6.07, 6.45) is 2.65. The van der Waals surface area contributed by atoms with Gasteiger partial charge in [-0.3, -0.25) is 0 Å². The van der Waals surface area contributed by atoms with Gasteiger partial charge in [-0.15, -0.1) is 0 Å². The van der Waals surface area contributed by atoms with Gasteiger partial charge in [0.15, 0.2) is 0 Å². The lowest BCUT2D eigenvalue weighted by atomic mass is 9.81. The summed E-state index contributed by atoms with van der Waals surface area (Å²) in [5.74, 6) is 0. The fourth-order valence-electron chi connectivity index (χ4n) is 11.5. The summed E-state index contributed by atoms with van der Waals surface area (Å²) in [7, 11) is -1.91.